The molecule has 0 aliphatic rings. The summed E-state index contributed by atoms with van der Waals surface area (Å²) in [6, 6.07) is 7.47. The molecule has 0 radical (unpaired) electrons. The Morgan fingerprint density at radius 3 is 2.19 bits per heavy atom. The van der Waals surface area contributed by atoms with Crippen LogP contribution in [-0.4, -0.2) is 33.4 Å². The lowest BCUT2D eigenvalue weighted by Gasteiger charge is -2.27. The minimum absolute atomic E-state index is 0.422. The maximum Gasteiger partial charge on any atom is 0.303 e. The number of hydrogen-bond acceptors (Lipinski definition) is 2. The topological polar surface area (TPSA) is 40.6 Å². The molecule has 16 heavy (non-hydrogen) atoms. The third kappa shape index (κ3) is 2.36. The van der Waals surface area contributed by atoms with Crippen molar-refractivity contribution < 1.29 is 8.42 Å². The first-order valence-corrected chi connectivity index (χ1v) is 6.56. The molecule has 0 amide bonds. The second kappa shape index (κ2) is 4.84. The molecule has 0 spiro atoms. The fourth-order valence-corrected chi connectivity index (χ4v) is 2.67. The van der Waals surface area contributed by atoms with Crippen molar-refractivity contribution >= 4 is 15.9 Å². The molecule has 1 rings (SSSR count). The summed E-state index contributed by atoms with van der Waals surface area (Å²) < 4.78 is 26.8. The van der Waals surface area contributed by atoms with Gasteiger partial charge in [-0.3, -0.25) is 4.31 Å². The van der Waals surface area contributed by atoms with Gasteiger partial charge in [-0.05, 0) is 25.5 Å². The van der Waals surface area contributed by atoms with E-state index in [4.69, 9.17) is 0 Å². The summed E-state index contributed by atoms with van der Waals surface area (Å²) in [5.74, 6) is 0. The van der Waals surface area contributed by atoms with Gasteiger partial charge in [0.25, 0.3) is 0 Å². The Bertz CT molecular complexity index is 455. The minimum Gasteiger partial charge on any atom is -0.258 e. The van der Waals surface area contributed by atoms with E-state index < -0.39 is 10.2 Å². The van der Waals surface area contributed by atoms with Gasteiger partial charge in [-0.1, -0.05) is 18.2 Å². The summed E-state index contributed by atoms with van der Waals surface area (Å²) >= 11 is 0. The number of aryl methyl sites for hydroxylation is 1. The van der Waals surface area contributed by atoms with Gasteiger partial charge in [0, 0.05) is 20.6 Å². The zero-order chi connectivity index (χ0) is 12.3. The SMILES string of the molecule is CCN(c1ccccc1C)S(=O)(=O)N(C)C. The van der Waals surface area contributed by atoms with Crippen molar-refractivity contribution in [3.8, 4) is 0 Å². The monoisotopic (exact) mass is 242 g/mol. The van der Waals surface area contributed by atoms with Gasteiger partial charge < -0.3 is 0 Å². The Hall–Kier alpha value is -1.07. The van der Waals surface area contributed by atoms with Crippen molar-refractivity contribution in [3.63, 3.8) is 0 Å². The van der Waals surface area contributed by atoms with Crippen molar-refractivity contribution in [2.75, 3.05) is 24.9 Å². The van der Waals surface area contributed by atoms with Crippen LogP contribution in [0.1, 0.15) is 12.5 Å². The molecular weight excluding hydrogens is 224 g/mol. The van der Waals surface area contributed by atoms with E-state index in [1.54, 1.807) is 0 Å². The van der Waals surface area contributed by atoms with E-state index in [0.717, 1.165) is 11.3 Å². The number of anilines is 1. The molecule has 0 bridgehead atoms. The summed E-state index contributed by atoms with van der Waals surface area (Å²) in [5.41, 5.74) is 1.69. The molecule has 0 aliphatic heterocycles. The Morgan fingerprint density at radius 1 is 1.19 bits per heavy atom. The van der Waals surface area contributed by atoms with Crippen LogP contribution < -0.4 is 4.31 Å². The van der Waals surface area contributed by atoms with Gasteiger partial charge in [0.1, 0.15) is 0 Å². The Kier molecular flexibility index (Phi) is 3.93. The van der Waals surface area contributed by atoms with Crippen LogP contribution >= 0.6 is 0 Å². The van der Waals surface area contributed by atoms with E-state index >= 15 is 0 Å². The molecule has 0 atom stereocenters. The lowest BCUT2D eigenvalue weighted by Crippen LogP contribution is -2.40. The molecule has 5 heteroatoms. The molecule has 1 aromatic rings. The van der Waals surface area contributed by atoms with Gasteiger partial charge in [0.05, 0.1) is 5.69 Å². The average molecular weight is 242 g/mol. The van der Waals surface area contributed by atoms with Gasteiger partial charge in [-0.2, -0.15) is 12.7 Å². The molecule has 0 unspecified atom stereocenters. The molecule has 0 aromatic heterocycles. The normalized spacial score (nSPS) is 11.8. The second-order valence-corrected chi connectivity index (χ2v) is 5.81. The largest absolute Gasteiger partial charge is 0.303 e. The molecular formula is C11H18N2O2S. The summed E-state index contributed by atoms with van der Waals surface area (Å²) in [6.07, 6.45) is 0. The second-order valence-electron chi connectivity index (χ2n) is 3.74. The third-order valence-corrected chi connectivity index (χ3v) is 4.35. The number of para-hydroxylation sites is 1. The molecule has 1 aromatic carbocycles. The zero-order valence-electron chi connectivity index (χ0n) is 10.1. The van der Waals surface area contributed by atoms with Gasteiger partial charge in [0.2, 0.25) is 0 Å². The van der Waals surface area contributed by atoms with Crippen LogP contribution in [0.25, 0.3) is 0 Å². The molecule has 0 heterocycles. The molecule has 4 nitrogen and oxygen atoms in total. The van der Waals surface area contributed by atoms with Crippen LogP contribution in [0.3, 0.4) is 0 Å². The summed E-state index contributed by atoms with van der Waals surface area (Å²) in [7, 11) is -0.322. The summed E-state index contributed by atoms with van der Waals surface area (Å²) in [4.78, 5) is 0. The first kappa shape index (κ1) is 13.0. The fourth-order valence-electron chi connectivity index (χ4n) is 1.50. The predicted molar refractivity (Wildman–Crippen MR) is 66.8 cm³/mol. The number of rotatable bonds is 4. The Balaban J connectivity index is 3.25. The standard InChI is InChI=1S/C11H18N2O2S/c1-5-13(16(14,15)12(3)4)11-9-7-6-8-10(11)2/h6-9H,5H2,1-4H3. The molecule has 0 saturated heterocycles. The fraction of sp³-hybridized carbons (Fsp3) is 0.455. The predicted octanol–water partition coefficient (Wildman–Crippen LogP) is 1.63. The van der Waals surface area contributed by atoms with Crippen molar-refractivity contribution in [2.24, 2.45) is 0 Å². The maximum absolute atomic E-state index is 12.1. The van der Waals surface area contributed by atoms with E-state index in [1.165, 1.54) is 22.7 Å². The zero-order valence-corrected chi connectivity index (χ0v) is 11.0. The van der Waals surface area contributed by atoms with E-state index in [2.05, 4.69) is 0 Å². The third-order valence-electron chi connectivity index (χ3n) is 2.41. The first-order valence-electron chi connectivity index (χ1n) is 5.17. The van der Waals surface area contributed by atoms with Crippen LogP contribution in [0.15, 0.2) is 24.3 Å². The van der Waals surface area contributed by atoms with Crippen molar-refractivity contribution in [1.29, 1.82) is 0 Å². The smallest absolute Gasteiger partial charge is 0.258 e. The van der Waals surface area contributed by atoms with E-state index in [-0.39, 0.29) is 0 Å². The molecule has 0 fully saturated rings. The van der Waals surface area contributed by atoms with Crippen LogP contribution in [0, 0.1) is 6.92 Å². The lowest BCUT2D eigenvalue weighted by atomic mass is 10.2. The summed E-state index contributed by atoms with van der Waals surface area (Å²) in [5, 5.41) is 0. The molecule has 90 valence electrons. The molecule has 0 aliphatic carbocycles. The molecule has 0 saturated carbocycles. The highest BCUT2D eigenvalue weighted by Gasteiger charge is 2.24. The van der Waals surface area contributed by atoms with Gasteiger partial charge in [-0.15, -0.1) is 0 Å². The van der Waals surface area contributed by atoms with E-state index in [1.807, 2.05) is 38.1 Å². The van der Waals surface area contributed by atoms with Gasteiger partial charge >= 0.3 is 10.2 Å². The number of benzene rings is 1. The first-order chi connectivity index (χ1) is 7.41. The average Bonchev–Trinajstić information content (AvgIpc) is 2.21. The van der Waals surface area contributed by atoms with Crippen LogP contribution in [0.4, 0.5) is 5.69 Å². The highest BCUT2D eigenvalue weighted by atomic mass is 32.2. The summed E-state index contributed by atoms with van der Waals surface area (Å²) in [6.45, 7) is 4.15. The lowest BCUT2D eigenvalue weighted by molar-refractivity contribution is 0.516. The number of nitrogens with zero attached hydrogens (tertiary/aromatic N) is 2. The quantitative estimate of drug-likeness (QED) is 0.805. The van der Waals surface area contributed by atoms with Crippen LogP contribution in [0.2, 0.25) is 0 Å². The molecule has 0 N–H and O–H groups in total. The van der Waals surface area contributed by atoms with Crippen molar-refractivity contribution in [2.45, 2.75) is 13.8 Å². The highest BCUT2D eigenvalue weighted by molar-refractivity contribution is 7.90. The van der Waals surface area contributed by atoms with Crippen molar-refractivity contribution in [3.05, 3.63) is 29.8 Å². The van der Waals surface area contributed by atoms with Crippen LogP contribution in [-0.2, 0) is 10.2 Å². The van der Waals surface area contributed by atoms with Crippen LogP contribution in [0.5, 0.6) is 0 Å². The Morgan fingerprint density at radius 2 is 1.75 bits per heavy atom. The van der Waals surface area contributed by atoms with E-state index in [0.29, 0.717) is 6.54 Å². The van der Waals surface area contributed by atoms with Crippen molar-refractivity contribution in [1.82, 2.24) is 4.31 Å². The van der Waals surface area contributed by atoms with Gasteiger partial charge in [0.15, 0.2) is 0 Å². The Labute approximate surface area is 97.7 Å². The minimum atomic E-state index is -3.40. The number of hydrogen-bond donors (Lipinski definition) is 0. The van der Waals surface area contributed by atoms with E-state index in [9.17, 15) is 8.42 Å². The van der Waals surface area contributed by atoms with Gasteiger partial charge in [-0.25, -0.2) is 0 Å². The highest BCUT2D eigenvalue weighted by Crippen LogP contribution is 2.22. The maximum atomic E-state index is 12.1.